The summed E-state index contributed by atoms with van der Waals surface area (Å²) in [5, 5.41) is 7.29. The highest BCUT2D eigenvalue weighted by Crippen LogP contribution is 2.16. The van der Waals surface area contributed by atoms with Crippen molar-refractivity contribution < 1.29 is 4.79 Å². The molecular weight excluding hydrogens is 254 g/mol. The van der Waals surface area contributed by atoms with E-state index in [4.69, 9.17) is 11.6 Å². The van der Waals surface area contributed by atoms with Gasteiger partial charge in [-0.2, -0.15) is 5.10 Å². The van der Waals surface area contributed by atoms with Crippen molar-refractivity contribution in [3.8, 4) is 0 Å². The van der Waals surface area contributed by atoms with Crippen LogP contribution in [0, 0.1) is 0 Å². The zero-order chi connectivity index (χ0) is 13.0. The zero-order valence-electron chi connectivity index (χ0n) is 9.80. The van der Waals surface area contributed by atoms with Gasteiger partial charge in [-0.05, 0) is 6.07 Å². The molecule has 0 aliphatic rings. The Labute approximate surface area is 109 Å². The van der Waals surface area contributed by atoms with Crippen molar-refractivity contribution in [2.45, 2.75) is 6.42 Å². The Morgan fingerprint density at radius 2 is 2.33 bits per heavy atom. The molecule has 0 saturated carbocycles. The van der Waals surface area contributed by atoms with Crippen molar-refractivity contribution in [1.82, 2.24) is 19.7 Å². The van der Waals surface area contributed by atoms with Gasteiger partial charge in [-0.15, -0.1) is 0 Å². The summed E-state index contributed by atoms with van der Waals surface area (Å²) in [6, 6.07) is 1.94. The molecule has 0 unspecified atom stereocenters. The molecule has 2 rings (SSSR count). The van der Waals surface area contributed by atoms with E-state index in [9.17, 15) is 4.79 Å². The summed E-state index contributed by atoms with van der Waals surface area (Å²) in [5.41, 5.74) is 1.37. The lowest BCUT2D eigenvalue weighted by atomic mass is 10.3. The van der Waals surface area contributed by atoms with Gasteiger partial charge in [0.05, 0.1) is 5.56 Å². The predicted octanol–water partition coefficient (Wildman–Crippen LogP) is 1.33. The van der Waals surface area contributed by atoms with Gasteiger partial charge in [-0.25, -0.2) is 9.97 Å². The second kappa shape index (κ2) is 5.59. The molecule has 1 N–H and O–H groups in total. The van der Waals surface area contributed by atoms with Crippen LogP contribution >= 0.6 is 11.6 Å². The number of carbonyl (C=O) groups is 1. The van der Waals surface area contributed by atoms with Crippen molar-refractivity contribution in [2.24, 2.45) is 7.05 Å². The summed E-state index contributed by atoms with van der Waals surface area (Å²) in [6.45, 7) is 0.633. The predicted molar refractivity (Wildman–Crippen MR) is 67.8 cm³/mol. The minimum absolute atomic E-state index is 0.156. The highest BCUT2D eigenvalue weighted by molar-refractivity contribution is 6.32. The maximum atomic E-state index is 10.9. The molecular formula is C11H12ClN5O. The van der Waals surface area contributed by atoms with E-state index in [-0.39, 0.29) is 10.7 Å². The highest BCUT2D eigenvalue weighted by Gasteiger charge is 2.08. The first kappa shape index (κ1) is 12.5. The molecule has 0 amide bonds. The standard InChI is InChI=1S/C11H12ClN5O/c1-17-8(3-5-16-17)2-4-13-11-9(6-18)10(12)14-7-15-11/h3,5-7H,2,4H2,1H3,(H,13,14,15). The molecule has 0 spiro atoms. The Morgan fingerprint density at radius 1 is 1.50 bits per heavy atom. The Morgan fingerprint density at radius 3 is 3.00 bits per heavy atom. The number of hydrogen-bond acceptors (Lipinski definition) is 5. The molecule has 0 aromatic carbocycles. The fourth-order valence-corrected chi connectivity index (χ4v) is 1.75. The average molecular weight is 266 g/mol. The van der Waals surface area contributed by atoms with Crippen molar-refractivity contribution in [1.29, 1.82) is 0 Å². The van der Waals surface area contributed by atoms with Crippen molar-refractivity contribution in [2.75, 3.05) is 11.9 Å². The average Bonchev–Trinajstić information content (AvgIpc) is 2.75. The van der Waals surface area contributed by atoms with Gasteiger partial charge in [-0.3, -0.25) is 9.48 Å². The maximum absolute atomic E-state index is 10.9. The number of nitrogens with one attached hydrogen (secondary N) is 1. The van der Waals surface area contributed by atoms with Crippen LogP contribution in [0.1, 0.15) is 16.1 Å². The van der Waals surface area contributed by atoms with E-state index < -0.39 is 0 Å². The summed E-state index contributed by atoms with van der Waals surface area (Å²) in [6.07, 6.45) is 4.49. The van der Waals surface area contributed by atoms with E-state index >= 15 is 0 Å². The first-order chi connectivity index (χ1) is 8.72. The minimum atomic E-state index is 0.156. The third-order valence-electron chi connectivity index (χ3n) is 2.55. The molecule has 0 saturated heterocycles. The third kappa shape index (κ3) is 2.65. The van der Waals surface area contributed by atoms with Gasteiger partial charge in [0.15, 0.2) is 6.29 Å². The fraction of sp³-hybridized carbons (Fsp3) is 0.273. The molecule has 2 aromatic heterocycles. The fourth-order valence-electron chi connectivity index (χ4n) is 1.57. The second-order valence-corrected chi connectivity index (χ2v) is 4.03. The summed E-state index contributed by atoms with van der Waals surface area (Å²) in [5.74, 6) is 0.451. The van der Waals surface area contributed by atoms with Gasteiger partial charge in [-0.1, -0.05) is 11.6 Å². The van der Waals surface area contributed by atoms with Crippen molar-refractivity contribution >= 4 is 23.7 Å². The molecule has 0 aliphatic heterocycles. The first-order valence-electron chi connectivity index (χ1n) is 5.39. The van der Waals surface area contributed by atoms with E-state index in [0.717, 1.165) is 12.1 Å². The molecule has 0 fully saturated rings. The van der Waals surface area contributed by atoms with Crippen LogP contribution in [0.3, 0.4) is 0 Å². The Bertz CT molecular complexity index is 554. The molecule has 2 aromatic rings. The monoisotopic (exact) mass is 265 g/mol. The molecule has 7 heteroatoms. The van der Waals surface area contributed by atoms with E-state index in [1.54, 1.807) is 10.9 Å². The maximum Gasteiger partial charge on any atom is 0.156 e. The second-order valence-electron chi connectivity index (χ2n) is 3.67. The van der Waals surface area contributed by atoms with Crippen molar-refractivity contribution in [3.63, 3.8) is 0 Å². The molecule has 18 heavy (non-hydrogen) atoms. The van der Waals surface area contributed by atoms with Crippen LogP contribution in [0.2, 0.25) is 5.15 Å². The molecule has 0 atom stereocenters. The van der Waals surface area contributed by atoms with Crippen LogP contribution in [-0.2, 0) is 13.5 Å². The summed E-state index contributed by atoms with van der Waals surface area (Å²) in [4.78, 5) is 18.6. The van der Waals surface area contributed by atoms with Gasteiger partial charge in [0, 0.05) is 31.9 Å². The lowest BCUT2D eigenvalue weighted by Crippen LogP contribution is -2.11. The number of halogens is 1. The number of nitrogens with zero attached hydrogens (tertiary/aromatic N) is 4. The van der Waals surface area contributed by atoms with Gasteiger partial charge in [0.1, 0.15) is 17.3 Å². The van der Waals surface area contributed by atoms with Gasteiger partial charge in [0.25, 0.3) is 0 Å². The Kier molecular flexibility index (Phi) is 3.88. The SMILES string of the molecule is Cn1nccc1CCNc1ncnc(Cl)c1C=O. The normalized spacial score (nSPS) is 10.3. The van der Waals surface area contributed by atoms with Crippen LogP contribution in [0.25, 0.3) is 0 Å². The van der Waals surface area contributed by atoms with Crippen LogP contribution < -0.4 is 5.32 Å². The van der Waals surface area contributed by atoms with Crippen molar-refractivity contribution in [3.05, 3.63) is 35.0 Å². The quantitative estimate of drug-likeness (QED) is 0.652. The third-order valence-corrected chi connectivity index (χ3v) is 2.85. The van der Waals surface area contributed by atoms with E-state index in [1.165, 1.54) is 6.33 Å². The van der Waals surface area contributed by atoms with E-state index in [1.807, 2.05) is 13.1 Å². The van der Waals surface area contributed by atoms with Crippen LogP contribution in [0.15, 0.2) is 18.6 Å². The number of aromatic nitrogens is 4. The zero-order valence-corrected chi connectivity index (χ0v) is 10.6. The van der Waals surface area contributed by atoms with Crippen LogP contribution in [0.4, 0.5) is 5.82 Å². The first-order valence-corrected chi connectivity index (χ1v) is 5.76. The van der Waals surface area contributed by atoms with E-state index in [2.05, 4.69) is 20.4 Å². The molecule has 94 valence electrons. The number of anilines is 1. The van der Waals surface area contributed by atoms with E-state index in [0.29, 0.717) is 18.6 Å². The molecule has 6 nitrogen and oxygen atoms in total. The minimum Gasteiger partial charge on any atom is -0.369 e. The molecule has 2 heterocycles. The Balaban J connectivity index is 2.01. The van der Waals surface area contributed by atoms with Gasteiger partial charge >= 0.3 is 0 Å². The number of hydrogen-bond donors (Lipinski definition) is 1. The molecule has 0 radical (unpaired) electrons. The number of aryl methyl sites for hydroxylation is 1. The summed E-state index contributed by atoms with van der Waals surface area (Å²) < 4.78 is 1.80. The number of aldehydes is 1. The lowest BCUT2D eigenvalue weighted by Gasteiger charge is -2.08. The van der Waals surface area contributed by atoms with Gasteiger partial charge in [0.2, 0.25) is 0 Å². The van der Waals surface area contributed by atoms with Crippen LogP contribution in [-0.4, -0.2) is 32.6 Å². The molecule has 0 bridgehead atoms. The molecule has 0 aliphatic carbocycles. The summed E-state index contributed by atoms with van der Waals surface area (Å²) in [7, 11) is 1.88. The number of carbonyl (C=O) groups excluding carboxylic acids is 1. The lowest BCUT2D eigenvalue weighted by molar-refractivity contribution is 0.112. The van der Waals surface area contributed by atoms with Crippen LogP contribution in [0.5, 0.6) is 0 Å². The smallest absolute Gasteiger partial charge is 0.156 e. The topological polar surface area (TPSA) is 72.7 Å². The number of rotatable bonds is 5. The largest absolute Gasteiger partial charge is 0.369 e. The Hall–Kier alpha value is -1.95. The highest BCUT2D eigenvalue weighted by atomic mass is 35.5. The van der Waals surface area contributed by atoms with Gasteiger partial charge < -0.3 is 5.32 Å². The summed E-state index contributed by atoms with van der Waals surface area (Å²) >= 11 is 5.80.